The Hall–Kier alpha value is -2.14. The predicted octanol–water partition coefficient (Wildman–Crippen LogP) is 1.84. The van der Waals surface area contributed by atoms with Gasteiger partial charge in [0.1, 0.15) is 0 Å². The number of nitrogens with two attached hydrogens (primary N) is 1. The van der Waals surface area contributed by atoms with Gasteiger partial charge in [0.2, 0.25) is 15.7 Å². The maximum Gasteiger partial charge on any atom is 0.218 e. The number of amides is 1. The fourth-order valence-corrected chi connectivity index (χ4v) is 4.53. The third-order valence-corrected chi connectivity index (χ3v) is 5.47. The van der Waals surface area contributed by atoms with Crippen molar-refractivity contribution in [3.8, 4) is 0 Å². The molecule has 1 aliphatic heterocycles. The molecule has 1 heterocycles. The molecule has 0 fully saturated rings. The molecule has 0 spiro atoms. The molecule has 0 bridgehead atoms. The molecule has 3 rings (SSSR count). The second kappa shape index (κ2) is 4.45. The Morgan fingerprint density at radius 3 is 1.85 bits per heavy atom. The van der Waals surface area contributed by atoms with E-state index in [0.717, 1.165) is 0 Å². The Balaban J connectivity index is 2.33. The number of carbonyl (C=O) groups excluding carboxylic acids is 1. The van der Waals surface area contributed by atoms with Crippen molar-refractivity contribution >= 4 is 15.7 Å². The van der Waals surface area contributed by atoms with Gasteiger partial charge in [-0.3, -0.25) is 4.79 Å². The van der Waals surface area contributed by atoms with Gasteiger partial charge < -0.3 is 5.73 Å². The Kier molecular flexibility index (Phi) is 2.87. The zero-order chi connectivity index (χ0) is 14.3. The van der Waals surface area contributed by atoms with Gasteiger partial charge in [0.25, 0.3) is 0 Å². The number of hydrogen-bond acceptors (Lipinski definition) is 3. The van der Waals surface area contributed by atoms with Gasteiger partial charge in [-0.2, -0.15) is 0 Å². The van der Waals surface area contributed by atoms with Gasteiger partial charge in [0.05, 0.1) is 9.79 Å². The van der Waals surface area contributed by atoms with Crippen LogP contribution in [0.1, 0.15) is 23.5 Å². The lowest BCUT2D eigenvalue weighted by molar-refractivity contribution is -0.118. The molecule has 5 heteroatoms. The van der Waals surface area contributed by atoms with Gasteiger partial charge in [-0.25, -0.2) is 8.42 Å². The Morgan fingerprint density at radius 2 is 1.40 bits per heavy atom. The van der Waals surface area contributed by atoms with Gasteiger partial charge in [-0.1, -0.05) is 36.4 Å². The van der Waals surface area contributed by atoms with E-state index < -0.39 is 15.7 Å². The SMILES string of the molecule is NC(=O)CC1c2ccccc2S(=O)(=O)c2ccccc21. The van der Waals surface area contributed by atoms with Crippen LogP contribution < -0.4 is 5.73 Å². The number of fused-ring (bicyclic) bond motifs is 2. The smallest absolute Gasteiger partial charge is 0.218 e. The third-order valence-electron chi connectivity index (χ3n) is 3.57. The van der Waals surface area contributed by atoms with Crippen LogP contribution >= 0.6 is 0 Å². The lowest BCUT2D eigenvalue weighted by Gasteiger charge is -2.27. The highest BCUT2D eigenvalue weighted by Crippen LogP contribution is 2.42. The quantitative estimate of drug-likeness (QED) is 0.915. The summed E-state index contributed by atoms with van der Waals surface area (Å²) in [6, 6.07) is 13.6. The highest BCUT2D eigenvalue weighted by atomic mass is 32.2. The van der Waals surface area contributed by atoms with E-state index in [1.165, 1.54) is 0 Å². The van der Waals surface area contributed by atoms with Crippen molar-refractivity contribution in [3.05, 3.63) is 59.7 Å². The summed E-state index contributed by atoms with van der Waals surface area (Å²) in [6.07, 6.45) is 0.101. The van der Waals surface area contributed by atoms with Crippen molar-refractivity contribution in [3.63, 3.8) is 0 Å². The molecule has 0 atom stereocenters. The van der Waals surface area contributed by atoms with Crippen LogP contribution in [0.25, 0.3) is 0 Å². The number of benzene rings is 2. The Morgan fingerprint density at radius 1 is 0.950 bits per heavy atom. The molecule has 0 saturated carbocycles. The van der Waals surface area contributed by atoms with E-state index in [9.17, 15) is 13.2 Å². The zero-order valence-corrected chi connectivity index (χ0v) is 11.4. The van der Waals surface area contributed by atoms with Gasteiger partial charge in [0, 0.05) is 12.3 Å². The standard InChI is InChI=1S/C15H13NO3S/c16-15(17)9-12-10-5-1-3-7-13(10)20(18,19)14-8-4-2-6-11(12)14/h1-8,12H,9H2,(H2,16,17). The van der Waals surface area contributed by atoms with Crippen molar-refractivity contribution in [1.29, 1.82) is 0 Å². The first-order chi connectivity index (χ1) is 9.51. The highest BCUT2D eigenvalue weighted by Gasteiger charge is 2.35. The van der Waals surface area contributed by atoms with E-state index in [4.69, 9.17) is 5.73 Å². The minimum Gasteiger partial charge on any atom is -0.370 e. The summed E-state index contributed by atoms with van der Waals surface area (Å²) in [5.41, 5.74) is 6.60. The van der Waals surface area contributed by atoms with Crippen LogP contribution in [0.5, 0.6) is 0 Å². The molecule has 0 radical (unpaired) electrons. The fraction of sp³-hybridized carbons (Fsp3) is 0.133. The predicted molar refractivity (Wildman–Crippen MR) is 74.0 cm³/mol. The van der Waals surface area contributed by atoms with E-state index >= 15 is 0 Å². The maximum atomic E-state index is 12.6. The summed E-state index contributed by atoms with van der Waals surface area (Å²) < 4.78 is 25.2. The average molecular weight is 287 g/mol. The van der Waals surface area contributed by atoms with Gasteiger partial charge in [-0.05, 0) is 23.3 Å². The summed E-state index contributed by atoms with van der Waals surface area (Å²) >= 11 is 0. The topological polar surface area (TPSA) is 77.2 Å². The van der Waals surface area contributed by atoms with E-state index in [0.29, 0.717) is 11.1 Å². The summed E-state index contributed by atoms with van der Waals surface area (Å²) in [7, 11) is -3.52. The second-order valence-electron chi connectivity index (χ2n) is 4.80. The molecule has 0 saturated heterocycles. The average Bonchev–Trinajstić information content (AvgIpc) is 2.44. The monoisotopic (exact) mass is 287 g/mol. The first-order valence-electron chi connectivity index (χ1n) is 6.23. The van der Waals surface area contributed by atoms with Crippen molar-refractivity contribution in [2.45, 2.75) is 22.1 Å². The van der Waals surface area contributed by atoms with Crippen molar-refractivity contribution in [1.82, 2.24) is 0 Å². The lowest BCUT2D eigenvalue weighted by Crippen LogP contribution is -2.23. The van der Waals surface area contributed by atoms with E-state index in [2.05, 4.69) is 0 Å². The number of primary amides is 1. The van der Waals surface area contributed by atoms with E-state index in [1.54, 1.807) is 48.5 Å². The third kappa shape index (κ3) is 1.82. The molecule has 0 aliphatic carbocycles. The molecule has 102 valence electrons. The molecular formula is C15H13NO3S. The molecule has 2 aromatic rings. The summed E-state index contributed by atoms with van der Waals surface area (Å²) in [6.45, 7) is 0. The minimum atomic E-state index is -3.52. The van der Waals surface area contributed by atoms with E-state index in [1.807, 2.05) is 0 Å². The zero-order valence-electron chi connectivity index (χ0n) is 10.6. The van der Waals surface area contributed by atoms with Crippen LogP contribution in [0, 0.1) is 0 Å². The van der Waals surface area contributed by atoms with Crippen LogP contribution in [0.3, 0.4) is 0 Å². The van der Waals surface area contributed by atoms with Crippen LogP contribution in [0.15, 0.2) is 58.3 Å². The molecule has 2 aromatic carbocycles. The second-order valence-corrected chi connectivity index (χ2v) is 6.69. The summed E-state index contributed by atoms with van der Waals surface area (Å²) in [5, 5.41) is 0. The van der Waals surface area contributed by atoms with Crippen LogP contribution in [-0.2, 0) is 14.6 Å². The Labute approximate surface area is 117 Å². The number of carbonyl (C=O) groups is 1. The number of rotatable bonds is 2. The minimum absolute atomic E-state index is 0.101. The van der Waals surface area contributed by atoms with Crippen LogP contribution in [0.4, 0.5) is 0 Å². The summed E-state index contributed by atoms with van der Waals surface area (Å²) in [5.74, 6) is -0.748. The maximum absolute atomic E-state index is 12.6. The number of sulfone groups is 1. The lowest BCUT2D eigenvalue weighted by atomic mass is 9.88. The molecule has 2 N–H and O–H groups in total. The highest BCUT2D eigenvalue weighted by molar-refractivity contribution is 7.91. The molecule has 1 aliphatic rings. The molecular weight excluding hydrogens is 274 g/mol. The van der Waals surface area contributed by atoms with Gasteiger partial charge in [0.15, 0.2) is 0 Å². The normalized spacial score (nSPS) is 16.2. The van der Waals surface area contributed by atoms with Crippen LogP contribution in [-0.4, -0.2) is 14.3 Å². The summed E-state index contributed by atoms with van der Waals surface area (Å²) in [4.78, 5) is 11.9. The molecule has 4 nitrogen and oxygen atoms in total. The Bertz CT molecular complexity index is 743. The first-order valence-corrected chi connectivity index (χ1v) is 7.71. The number of hydrogen-bond donors (Lipinski definition) is 1. The van der Waals surface area contributed by atoms with Gasteiger partial charge in [-0.15, -0.1) is 0 Å². The van der Waals surface area contributed by atoms with Gasteiger partial charge >= 0.3 is 0 Å². The molecule has 1 amide bonds. The fourth-order valence-electron chi connectivity index (χ4n) is 2.73. The van der Waals surface area contributed by atoms with Crippen LogP contribution in [0.2, 0.25) is 0 Å². The largest absolute Gasteiger partial charge is 0.370 e. The van der Waals surface area contributed by atoms with Crippen molar-refractivity contribution < 1.29 is 13.2 Å². The van der Waals surface area contributed by atoms with E-state index in [-0.39, 0.29) is 22.1 Å². The first kappa shape index (κ1) is 12.9. The molecule has 0 unspecified atom stereocenters. The van der Waals surface area contributed by atoms with Crippen molar-refractivity contribution in [2.75, 3.05) is 0 Å². The van der Waals surface area contributed by atoms with Crippen molar-refractivity contribution in [2.24, 2.45) is 5.73 Å². The molecule has 20 heavy (non-hydrogen) atoms. The molecule has 0 aromatic heterocycles.